The summed E-state index contributed by atoms with van der Waals surface area (Å²) in [5.74, 6) is -0.262. The molecule has 0 radical (unpaired) electrons. The van der Waals surface area contributed by atoms with Crippen molar-refractivity contribution in [3.8, 4) is 0 Å². The highest BCUT2D eigenvalue weighted by molar-refractivity contribution is 6.27. The van der Waals surface area contributed by atoms with Gasteiger partial charge in [-0.05, 0) is 47.2 Å². The summed E-state index contributed by atoms with van der Waals surface area (Å²) in [5.41, 5.74) is 6.19. The lowest BCUT2D eigenvalue weighted by molar-refractivity contribution is -0.142. The molecule has 29 heavy (non-hydrogen) atoms. The van der Waals surface area contributed by atoms with Gasteiger partial charge in [0.05, 0.1) is 5.57 Å². The van der Waals surface area contributed by atoms with Crippen LogP contribution in [0.1, 0.15) is 63.8 Å². The van der Waals surface area contributed by atoms with Gasteiger partial charge >= 0.3 is 5.97 Å². The second-order valence-corrected chi connectivity index (χ2v) is 10.2. The Morgan fingerprint density at radius 2 is 1.14 bits per heavy atom. The number of ether oxygens (including phenoxy) is 1. The quantitative estimate of drug-likeness (QED) is 0.635. The minimum absolute atomic E-state index is 0.0703. The Balaban J connectivity index is 2.13. The second-order valence-electron chi connectivity index (χ2n) is 10.2. The molecule has 0 aliphatic carbocycles. The number of benzene rings is 2. The van der Waals surface area contributed by atoms with Crippen LogP contribution in [0, 0.1) is 0 Å². The molecule has 3 heteroatoms. The lowest BCUT2D eigenvalue weighted by Gasteiger charge is -2.23. The van der Waals surface area contributed by atoms with E-state index in [4.69, 9.17) is 4.74 Å². The normalized spacial score (nSPS) is 17.8. The number of hydrogen-bond acceptors (Lipinski definition) is 3. The third-order valence-electron chi connectivity index (χ3n) is 5.51. The highest BCUT2D eigenvalue weighted by atomic mass is 16.6. The largest absolute Gasteiger partial charge is 0.438 e. The first kappa shape index (κ1) is 21.3. The van der Waals surface area contributed by atoms with Crippen molar-refractivity contribution in [3.63, 3.8) is 0 Å². The average Bonchev–Trinajstić information content (AvgIpc) is 2.98. The molecule has 2 aromatic carbocycles. The molecule has 0 spiro atoms. The van der Waals surface area contributed by atoms with Gasteiger partial charge in [-0.1, -0.05) is 90.1 Å². The minimum atomic E-state index is -0.389. The molecule has 1 atom stereocenters. The summed E-state index contributed by atoms with van der Waals surface area (Å²) in [6.07, 6.45) is -0.389. The Labute approximate surface area is 175 Å². The maximum Gasteiger partial charge on any atom is 0.341 e. The van der Waals surface area contributed by atoms with E-state index in [1.165, 1.54) is 11.1 Å². The Kier molecular flexibility index (Phi) is 5.48. The Hall–Kier alpha value is -2.39. The number of likely N-dealkylation sites (N-methyl/N-ethyl adjacent to an activating group) is 1. The molecule has 154 valence electrons. The lowest BCUT2D eigenvalue weighted by Crippen LogP contribution is -2.29. The molecule has 0 bridgehead atoms. The summed E-state index contributed by atoms with van der Waals surface area (Å²) >= 11 is 0. The van der Waals surface area contributed by atoms with Gasteiger partial charge < -0.3 is 4.74 Å². The topological polar surface area (TPSA) is 29.5 Å². The fourth-order valence-electron chi connectivity index (χ4n) is 3.66. The van der Waals surface area contributed by atoms with Crippen LogP contribution in [0.25, 0.3) is 11.1 Å². The Morgan fingerprint density at radius 3 is 1.52 bits per heavy atom. The second kappa shape index (κ2) is 7.46. The molecule has 0 N–H and O–H groups in total. The maximum atomic E-state index is 12.9. The van der Waals surface area contributed by atoms with E-state index in [2.05, 4.69) is 77.9 Å². The predicted molar refractivity (Wildman–Crippen MR) is 121 cm³/mol. The molecule has 1 heterocycles. The summed E-state index contributed by atoms with van der Waals surface area (Å²) in [6.45, 7) is 13.2. The first-order chi connectivity index (χ1) is 13.4. The molecule has 1 aliphatic rings. The highest BCUT2D eigenvalue weighted by Gasteiger charge is 2.37. The van der Waals surface area contributed by atoms with Gasteiger partial charge in [0.25, 0.3) is 0 Å². The number of nitrogens with zero attached hydrogens (tertiary/aromatic N) is 1. The molecule has 0 fully saturated rings. The molecule has 1 aliphatic heterocycles. The fourth-order valence-corrected chi connectivity index (χ4v) is 3.66. The Bertz CT molecular complexity index is 921. The van der Waals surface area contributed by atoms with Gasteiger partial charge in [0.15, 0.2) is 6.23 Å². The van der Waals surface area contributed by atoms with Gasteiger partial charge in [-0.15, -0.1) is 0 Å². The molecule has 0 aromatic heterocycles. The van der Waals surface area contributed by atoms with Crippen molar-refractivity contribution >= 4 is 17.1 Å². The van der Waals surface area contributed by atoms with E-state index in [1.54, 1.807) is 0 Å². The first-order valence-corrected chi connectivity index (χ1v) is 10.2. The number of carbonyl (C=O) groups excluding carboxylic acids is 1. The van der Waals surface area contributed by atoms with Gasteiger partial charge in [0.2, 0.25) is 0 Å². The van der Waals surface area contributed by atoms with Gasteiger partial charge in [0, 0.05) is 5.57 Å². The summed E-state index contributed by atoms with van der Waals surface area (Å²) in [4.78, 5) is 14.8. The van der Waals surface area contributed by atoms with Crippen molar-refractivity contribution in [3.05, 3.63) is 70.8 Å². The van der Waals surface area contributed by atoms with Crippen molar-refractivity contribution in [1.82, 2.24) is 4.90 Å². The zero-order valence-corrected chi connectivity index (χ0v) is 19.0. The van der Waals surface area contributed by atoms with Gasteiger partial charge in [-0.3, -0.25) is 4.90 Å². The van der Waals surface area contributed by atoms with Crippen LogP contribution in [0.3, 0.4) is 0 Å². The highest BCUT2D eigenvalue weighted by Crippen LogP contribution is 2.39. The smallest absolute Gasteiger partial charge is 0.341 e. The number of hydrogen-bond donors (Lipinski definition) is 0. The van der Waals surface area contributed by atoms with E-state index in [0.717, 1.165) is 16.7 Å². The van der Waals surface area contributed by atoms with Crippen molar-refractivity contribution < 1.29 is 9.53 Å². The van der Waals surface area contributed by atoms with Crippen LogP contribution in [-0.2, 0) is 20.4 Å². The monoisotopic (exact) mass is 391 g/mol. The van der Waals surface area contributed by atoms with E-state index in [9.17, 15) is 4.79 Å². The van der Waals surface area contributed by atoms with Crippen LogP contribution < -0.4 is 0 Å². The minimum Gasteiger partial charge on any atom is -0.438 e. The number of esters is 1. The third-order valence-corrected chi connectivity index (χ3v) is 5.51. The number of cyclic esters (lactones) is 1. The Morgan fingerprint density at radius 1 is 0.724 bits per heavy atom. The van der Waals surface area contributed by atoms with Gasteiger partial charge in [0.1, 0.15) is 0 Å². The maximum absolute atomic E-state index is 12.9. The van der Waals surface area contributed by atoms with Crippen molar-refractivity contribution in [2.45, 2.75) is 58.6 Å². The standard InChI is InChI=1S/C26H33NO2/c1-25(2,3)19-13-9-17(10-14-19)21-22(24(28)29-23(21)27(7)8)18-11-15-20(16-12-18)26(4,5)6/h9-16,23H,1-8H3. The molecule has 0 saturated carbocycles. The third kappa shape index (κ3) is 4.30. The lowest BCUT2D eigenvalue weighted by atomic mass is 9.84. The molecule has 0 saturated heterocycles. The summed E-state index contributed by atoms with van der Waals surface area (Å²) in [7, 11) is 3.88. The SMILES string of the molecule is CN(C)C1OC(=O)C(c2ccc(C(C)(C)C)cc2)=C1c1ccc(C(C)(C)C)cc1. The van der Waals surface area contributed by atoms with E-state index in [-0.39, 0.29) is 23.0 Å². The molecular weight excluding hydrogens is 358 g/mol. The van der Waals surface area contributed by atoms with Crippen LogP contribution in [0.5, 0.6) is 0 Å². The van der Waals surface area contributed by atoms with E-state index in [1.807, 2.05) is 31.1 Å². The molecule has 0 amide bonds. The zero-order valence-electron chi connectivity index (χ0n) is 19.0. The van der Waals surface area contributed by atoms with Crippen molar-refractivity contribution in [2.75, 3.05) is 14.1 Å². The van der Waals surface area contributed by atoms with Crippen molar-refractivity contribution in [1.29, 1.82) is 0 Å². The molecule has 3 rings (SSSR count). The van der Waals surface area contributed by atoms with Crippen LogP contribution in [0.4, 0.5) is 0 Å². The van der Waals surface area contributed by atoms with Crippen LogP contribution in [0.15, 0.2) is 48.5 Å². The van der Waals surface area contributed by atoms with Crippen LogP contribution in [0.2, 0.25) is 0 Å². The van der Waals surface area contributed by atoms with Crippen LogP contribution >= 0.6 is 0 Å². The molecule has 2 aromatic rings. The zero-order chi connectivity index (χ0) is 21.6. The fraction of sp³-hybridized carbons (Fsp3) is 0.423. The van der Waals surface area contributed by atoms with E-state index in [0.29, 0.717) is 5.57 Å². The predicted octanol–water partition coefficient (Wildman–Crippen LogP) is 5.64. The van der Waals surface area contributed by atoms with E-state index >= 15 is 0 Å². The summed E-state index contributed by atoms with van der Waals surface area (Å²) < 4.78 is 5.76. The number of carbonyl (C=O) groups is 1. The number of rotatable bonds is 3. The van der Waals surface area contributed by atoms with Gasteiger partial charge in [-0.2, -0.15) is 0 Å². The summed E-state index contributed by atoms with van der Waals surface area (Å²) in [6, 6.07) is 16.8. The van der Waals surface area contributed by atoms with E-state index < -0.39 is 0 Å². The molecule has 1 unspecified atom stereocenters. The summed E-state index contributed by atoms with van der Waals surface area (Å²) in [5, 5.41) is 0. The molecular formula is C26H33NO2. The first-order valence-electron chi connectivity index (χ1n) is 10.2. The molecule has 3 nitrogen and oxygen atoms in total. The van der Waals surface area contributed by atoms with Crippen molar-refractivity contribution in [2.24, 2.45) is 0 Å². The average molecular weight is 392 g/mol. The van der Waals surface area contributed by atoms with Crippen LogP contribution in [-0.4, -0.2) is 31.2 Å². The van der Waals surface area contributed by atoms with Gasteiger partial charge in [-0.25, -0.2) is 4.79 Å².